The maximum Gasteiger partial charge on any atom is 0.0184 e. The molecule has 1 aromatic rings. The van der Waals surface area contributed by atoms with Crippen LogP contribution in [-0.4, -0.2) is 24.1 Å². The van der Waals surface area contributed by atoms with Gasteiger partial charge in [-0.15, -0.1) is 0 Å². The van der Waals surface area contributed by atoms with Gasteiger partial charge < -0.3 is 5.32 Å². The normalized spacial score (nSPS) is 19.8. The molecule has 94 valence electrons. The fourth-order valence-electron chi connectivity index (χ4n) is 2.70. The third kappa shape index (κ3) is 3.49. The van der Waals surface area contributed by atoms with Crippen molar-refractivity contribution in [1.29, 1.82) is 0 Å². The van der Waals surface area contributed by atoms with E-state index in [4.69, 9.17) is 0 Å². The highest BCUT2D eigenvalue weighted by Crippen LogP contribution is 2.22. The van der Waals surface area contributed by atoms with Crippen molar-refractivity contribution < 1.29 is 0 Å². The van der Waals surface area contributed by atoms with Crippen LogP contribution in [-0.2, 0) is 6.42 Å². The van der Waals surface area contributed by atoms with Crippen LogP contribution >= 0.6 is 11.8 Å². The molecule has 0 bridgehead atoms. The van der Waals surface area contributed by atoms with Crippen LogP contribution in [0.4, 0.5) is 0 Å². The van der Waals surface area contributed by atoms with E-state index in [1.165, 1.54) is 48.4 Å². The molecule has 0 aliphatic carbocycles. The summed E-state index contributed by atoms with van der Waals surface area (Å²) in [5, 5.41) is 4.28. The summed E-state index contributed by atoms with van der Waals surface area (Å²) < 4.78 is 0. The van der Waals surface area contributed by atoms with E-state index in [1.807, 2.05) is 0 Å². The average Bonchev–Trinajstić information content (AvgIpc) is 2.74. The van der Waals surface area contributed by atoms with Gasteiger partial charge in [0.2, 0.25) is 0 Å². The van der Waals surface area contributed by atoms with Gasteiger partial charge in [-0.25, -0.2) is 0 Å². The molecule has 1 N–H and O–H groups in total. The number of rotatable bonds is 4. The Kier molecular flexibility index (Phi) is 4.52. The predicted octanol–water partition coefficient (Wildman–Crippen LogP) is 3.25. The zero-order valence-electron chi connectivity index (χ0n) is 11.2. The van der Waals surface area contributed by atoms with Crippen molar-refractivity contribution >= 4 is 11.8 Å². The van der Waals surface area contributed by atoms with Crippen LogP contribution in [0.5, 0.6) is 0 Å². The standard InChI is InChI=1S/C15H23NS/c1-11-8-12(2)15(13(3)9-11)5-7-17-14-4-6-16-10-14/h8-9,14,16H,4-7,10H2,1-3H3. The summed E-state index contributed by atoms with van der Waals surface area (Å²) in [6.45, 7) is 9.09. The van der Waals surface area contributed by atoms with Gasteiger partial charge in [-0.3, -0.25) is 0 Å². The second-order valence-electron chi connectivity index (χ2n) is 5.11. The van der Waals surface area contributed by atoms with Crippen LogP contribution in [0.25, 0.3) is 0 Å². The Labute approximate surface area is 109 Å². The Morgan fingerprint density at radius 1 is 1.24 bits per heavy atom. The van der Waals surface area contributed by atoms with Crippen molar-refractivity contribution in [2.45, 2.75) is 38.9 Å². The Balaban J connectivity index is 1.89. The van der Waals surface area contributed by atoms with Crippen LogP contribution in [0, 0.1) is 20.8 Å². The second kappa shape index (κ2) is 5.92. The number of hydrogen-bond donors (Lipinski definition) is 1. The monoisotopic (exact) mass is 249 g/mol. The minimum absolute atomic E-state index is 0.848. The summed E-state index contributed by atoms with van der Waals surface area (Å²) in [5.74, 6) is 1.26. The Morgan fingerprint density at radius 2 is 1.94 bits per heavy atom. The summed E-state index contributed by atoms with van der Waals surface area (Å²) in [6, 6.07) is 4.62. The molecule has 0 radical (unpaired) electrons. The summed E-state index contributed by atoms with van der Waals surface area (Å²) in [7, 11) is 0. The van der Waals surface area contributed by atoms with Crippen molar-refractivity contribution in [2.75, 3.05) is 18.8 Å². The molecule has 0 saturated carbocycles. The molecule has 1 fully saturated rings. The molecule has 1 nitrogen and oxygen atoms in total. The molecule has 1 aliphatic heterocycles. The zero-order chi connectivity index (χ0) is 12.3. The zero-order valence-corrected chi connectivity index (χ0v) is 12.0. The van der Waals surface area contributed by atoms with E-state index in [1.54, 1.807) is 5.56 Å². The van der Waals surface area contributed by atoms with E-state index in [9.17, 15) is 0 Å². The molecule has 2 heteroatoms. The summed E-state index contributed by atoms with van der Waals surface area (Å²) in [6.07, 6.45) is 2.57. The van der Waals surface area contributed by atoms with E-state index < -0.39 is 0 Å². The van der Waals surface area contributed by atoms with E-state index in [0.29, 0.717) is 0 Å². The van der Waals surface area contributed by atoms with E-state index in [-0.39, 0.29) is 0 Å². The van der Waals surface area contributed by atoms with Crippen molar-refractivity contribution in [1.82, 2.24) is 5.32 Å². The van der Waals surface area contributed by atoms with Gasteiger partial charge in [-0.1, -0.05) is 17.7 Å². The van der Waals surface area contributed by atoms with Gasteiger partial charge in [0.15, 0.2) is 0 Å². The lowest BCUT2D eigenvalue weighted by atomic mass is 9.98. The molecule has 2 rings (SSSR count). The lowest BCUT2D eigenvalue weighted by molar-refractivity contribution is 0.858. The van der Waals surface area contributed by atoms with Crippen LogP contribution in [0.1, 0.15) is 28.7 Å². The average molecular weight is 249 g/mol. The van der Waals surface area contributed by atoms with Gasteiger partial charge in [-0.2, -0.15) is 11.8 Å². The lowest BCUT2D eigenvalue weighted by Gasteiger charge is -2.13. The maximum absolute atomic E-state index is 3.43. The first-order valence-corrected chi connectivity index (χ1v) is 7.60. The highest BCUT2D eigenvalue weighted by Gasteiger charge is 2.14. The molecule has 1 atom stereocenters. The van der Waals surface area contributed by atoms with Crippen molar-refractivity contribution in [2.24, 2.45) is 0 Å². The molecule has 1 aromatic carbocycles. The quantitative estimate of drug-likeness (QED) is 0.879. The summed E-state index contributed by atoms with van der Waals surface area (Å²) in [4.78, 5) is 0. The molecule has 17 heavy (non-hydrogen) atoms. The van der Waals surface area contributed by atoms with Crippen molar-refractivity contribution in [3.8, 4) is 0 Å². The molecule has 1 unspecified atom stereocenters. The number of benzene rings is 1. The third-order valence-electron chi connectivity index (χ3n) is 3.56. The molecule has 0 amide bonds. The van der Waals surface area contributed by atoms with Crippen LogP contribution in [0.3, 0.4) is 0 Å². The van der Waals surface area contributed by atoms with Crippen LogP contribution < -0.4 is 5.32 Å². The number of hydrogen-bond acceptors (Lipinski definition) is 2. The first-order chi connectivity index (χ1) is 8.16. The number of thioether (sulfide) groups is 1. The first kappa shape index (κ1) is 13.0. The van der Waals surface area contributed by atoms with Gasteiger partial charge in [0.05, 0.1) is 0 Å². The lowest BCUT2D eigenvalue weighted by Crippen LogP contribution is -2.11. The molecular formula is C15H23NS. The largest absolute Gasteiger partial charge is 0.316 e. The molecule has 1 aliphatic rings. The van der Waals surface area contributed by atoms with E-state index in [2.05, 4.69) is 50.0 Å². The maximum atomic E-state index is 3.43. The molecule has 0 aromatic heterocycles. The SMILES string of the molecule is Cc1cc(C)c(CCSC2CCNC2)c(C)c1. The van der Waals surface area contributed by atoms with E-state index >= 15 is 0 Å². The summed E-state index contributed by atoms with van der Waals surface area (Å²) in [5.41, 5.74) is 5.88. The van der Waals surface area contributed by atoms with Crippen molar-refractivity contribution in [3.05, 3.63) is 34.4 Å². The minimum Gasteiger partial charge on any atom is -0.316 e. The van der Waals surface area contributed by atoms with Gasteiger partial charge in [0.1, 0.15) is 0 Å². The van der Waals surface area contributed by atoms with Gasteiger partial charge in [0.25, 0.3) is 0 Å². The molecule has 1 heterocycles. The second-order valence-corrected chi connectivity index (χ2v) is 6.52. The predicted molar refractivity (Wildman–Crippen MR) is 78.1 cm³/mol. The Hall–Kier alpha value is -0.470. The van der Waals surface area contributed by atoms with Crippen molar-refractivity contribution in [3.63, 3.8) is 0 Å². The highest BCUT2D eigenvalue weighted by atomic mass is 32.2. The van der Waals surface area contributed by atoms with E-state index in [0.717, 1.165) is 5.25 Å². The van der Waals surface area contributed by atoms with Crippen LogP contribution in [0.2, 0.25) is 0 Å². The topological polar surface area (TPSA) is 12.0 Å². The van der Waals surface area contributed by atoms with Gasteiger partial charge in [-0.05, 0) is 62.6 Å². The summed E-state index contributed by atoms with van der Waals surface area (Å²) >= 11 is 2.14. The van der Waals surface area contributed by atoms with Crippen LogP contribution in [0.15, 0.2) is 12.1 Å². The fraction of sp³-hybridized carbons (Fsp3) is 0.600. The smallest absolute Gasteiger partial charge is 0.0184 e. The molecular weight excluding hydrogens is 226 g/mol. The highest BCUT2D eigenvalue weighted by molar-refractivity contribution is 7.99. The van der Waals surface area contributed by atoms with Gasteiger partial charge >= 0.3 is 0 Å². The minimum atomic E-state index is 0.848. The third-order valence-corrected chi connectivity index (χ3v) is 4.87. The fourth-order valence-corrected chi connectivity index (χ4v) is 3.88. The Bertz CT molecular complexity index is 358. The van der Waals surface area contributed by atoms with Gasteiger partial charge in [0, 0.05) is 11.8 Å². The number of aryl methyl sites for hydroxylation is 3. The molecule has 0 spiro atoms. The molecule has 1 saturated heterocycles. The number of nitrogens with one attached hydrogen (secondary N) is 1. The Morgan fingerprint density at radius 3 is 2.53 bits per heavy atom. The first-order valence-electron chi connectivity index (χ1n) is 6.56.